The van der Waals surface area contributed by atoms with Crippen molar-refractivity contribution in [2.45, 2.75) is 64.3 Å². The average molecular weight is 252 g/mol. The molecule has 3 nitrogen and oxygen atoms in total. The Kier molecular flexibility index (Phi) is 3.21. The van der Waals surface area contributed by atoms with Gasteiger partial charge in [-0.05, 0) is 36.5 Å². The van der Waals surface area contributed by atoms with Crippen molar-refractivity contribution in [3.05, 3.63) is 17.5 Å². The first-order valence-corrected chi connectivity index (χ1v) is 9.39. The molecule has 0 bridgehead atoms. The standard InChI is InChI=1S/C13H24N2OSi/c1-13(2,3)17(4,5)16-11-7-6-10-9-14-15-12(10)8-11/h9,11H,6-8H2,1-5H3,(H,14,15). The molecule has 2 rings (SSSR count). The third-order valence-corrected chi connectivity index (χ3v) is 8.78. The topological polar surface area (TPSA) is 37.9 Å². The molecule has 0 aromatic carbocycles. The summed E-state index contributed by atoms with van der Waals surface area (Å²) in [5.74, 6) is 0. The van der Waals surface area contributed by atoms with Gasteiger partial charge < -0.3 is 4.43 Å². The van der Waals surface area contributed by atoms with E-state index in [2.05, 4.69) is 44.1 Å². The minimum atomic E-state index is -1.63. The second-order valence-corrected chi connectivity index (χ2v) is 11.4. The maximum atomic E-state index is 6.46. The zero-order chi connectivity index (χ0) is 12.7. The largest absolute Gasteiger partial charge is 0.414 e. The smallest absolute Gasteiger partial charge is 0.192 e. The van der Waals surface area contributed by atoms with Crippen molar-refractivity contribution in [2.24, 2.45) is 0 Å². The van der Waals surface area contributed by atoms with Crippen molar-refractivity contribution in [3.8, 4) is 0 Å². The van der Waals surface area contributed by atoms with Crippen molar-refractivity contribution in [1.29, 1.82) is 0 Å². The molecule has 1 aromatic heterocycles. The number of nitrogens with one attached hydrogen (secondary N) is 1. The fourth-order valence-electron chi connectivity index (χ4n) is 2.07. The van der Waals surface area contributed by atoms with Gasteiger partial charge in [-0.1, -0.05) is 20.8 Å². The number of nitrogens with zero attached hydrogens (tertiary/aromatic N) is 1. The summed E-state index contributed by atoms with van der Waals surface area (Å²) in [7, 11) is -1.63. The summed E-state index contributed by atoms with van der Waals surface area (Å²) in [5.41, 5.74) is 2.65. The van der Waals surface area contributed by atoms with E-state index in [0.29, 0.717) is 11.1 Å². The van der Waals surface area contributed by atoms with Crippen LogP contribution in [-0.4, -0.2) is 24.6 Å². The Morgan fingerprint density at radius 2 is 2.12 bits per heavy atom. The van der Waals surface area contributed by atoms with Crippen LogP contribution in [0.25, 0.3) is 0 Å². The number of aromatic amines is 1. The van der Waals surface area contributed by atoms with Gasteiger partial charge in [-0.3, -0.25) is 5.10 Å². The molecule has 0 fully saturated rings. The van der Waals surface area contributed by atoms with E-state index in [-0.39, 0.29) is 0 Å². The van der Waals surface area contributed by atoms with Crippen LogP contribution in [-0.2, 0) is 17.3 Å². The fourth-order valence-corrected chi connectivity index (χ4v) is 3.46. The van der Waals surface area contributed by atoms with Gasteiger partial charge in [0.1, 0.15) is 0 Å². The van der Waals surface area contributed by atoms with E-state index in [0.717, 1.165) is 19.3 Å². The lowest BCUT2D eigenvalue weighted by atomic mass is 9.96. The van der Waals surface area contributed by atoms with Crippen LogP contribution in [0.5, 0.6) is 0 Å². The summed E-state index contributed by atoms with van der Waals surface area (Å²) in [6.07, 6.45) is 5.58. The Balaban J connectivity index is 2.03. The van der Waals surface area contributed by atoms with Gasteiger partial charge in [0.05, 0.1) is 12.3 Å². The number of hydrogen-bond acceptors (Lipinski definition) is 2. The molecule has 0 aliphatic heterocycles. The van der Waals surface area contributed by atoms with Gasteiger partial charge in [-0.25, -0.2) is 0 Å². The van der Waals surface area contributed by atoms with E-state index in [1.165, 1.54) is 11.3 Å². The predicted molar refractivity (Wildman–Crippen MR) is 72.7 cm³/mol. The number of H-pyrrole nitrogens is 1. The molecule has 1 aliphatic carbocycles. The molecular weight excluding hydrogens is 228 g/mol. The Hall–Kier alpha value is -0.613. The second-order valence-electron chi connectivity index (χ2n) is 6.62. The summed E-state index contributed by atoms with van der Waals surface area (Å²) >= 11 is 0. The van der Waals surface area contributed by atoms with Gasteiger partial charge in [-0.2, -0.15) is 5.10 Å². The number of rotatable bonds is 2. The van der Waals surface area contributed by atoms with E-state index in [4.69, 9.17) is 4.43 Å². The minimum absolute atomic E-state index is 0.293. The molecule has 4 heteroatoms. The quantitative estimate of drug-likeness (QED) is 0.820. The number of aromatic nitrogens is 2. The van der Waals surface area contributed by atoms with E-state index in [1.807, 2.05) is 6.20 Å². The van der Waals surface area contributed by atoms with Crippen molar-refractivity contribution in [1.82, 2.24) is 10.2 Å². The van der Waals surface area contributed by atoms with Crippen LogP contribution in [0, 0.1) is 0 Å². The molecule has 96 valence electrons. The molecule has 1 atom stereocenters. The van der Waals surface area contributed by atoms with E-state index < -0.39 is 8.32 Å². The van der Waals surface area contributed by atoms with Gasteiger partial charge >= 0.3 is 0 Å². The normalized spacial score (nSPS) is 21.4. The summed E-state index contributed by atoms with van der Waals surface area (Å²) in [4.78, 5) is 0. The van der Waals surface area contributed by atoms with Crippen LogP contribution in [0.3, 0.4) is 0 Å². The molecule has 1 aliphatic rings. The van der Waals surface area contributed by atoms with E-state index >= 15 is 0 Å². The maximum absolute atomic E-state index is 6.46. The lowest BCUT2D eigenvalue weighted by molar-refractivity contribution is 0.164. The zero-order valence-electron chi connectivity index (χ0n) is 11.6. The summed E-state index contributed by atoms with van der Waals surface area (Å²) < 4.78 is 6.46. The molecule has 1 heterocycles. The Morgan fingerprint density at radius 1 is 1.41 bits per heavy atom. The molecule has 0 saturated carbocycles. The molecule has 1 unspecified atom stereocenters. The lowest BCUT2D eigenvalue weighted by Crippen LogP contribution is -2.45. The Morgan fingerprint density at radius 3 is 2.76 bits per heavy atom. The Labute approximate surface area is 105 Å². The first-order chi connectivity index (χ1) is 7.79. The predicted octanol–water partition coefficient (Wildman–Crippen LogP) is 3.29. The van der Waals surface area contributed by atoms with Crippen LogP contribution in [0.2, 0.25) is 18.1 Å². The maximum Gasteiger partial charge on any atom is 0.192 e. The molecule has 0 saturated heterocycles. The first-order valence-electron chi connectivity index (χ1n) is 6.48. The Bertz CT molecular complexity index is 392. The van der Waals surface area contributed by atoms with Crippen LogP contribution < -0.4 is 0 Å². The van der Waals surface area contributed by atoms with Crippen molar-refractivity contribution in [3.63, 3.8) is 0 Å². The third-order valence-electron chi connectivity index (χ3n) is 4.24. The highest BCUT2D eigenvalue weighted by Gasteiger charge is 2.39. The number of aryl methyl sites for hydroxylation is 1. The van der Waals surface area contributed by atoms with Crippen molar-refractivity contribution >= 4 is 8.32 Å². The molecule has 1 N–H and O–H groups in total. The van der Waals surface area contributed by atoms with Gasteiger partial charge in [0.2, 0.25) is 0 Å². The van der Waals surface area contributed by atoms with Crippen LogP contribution in [0.15, 0.2) is 6.20 Å². The monoisotopic (exact) mass is 252 g/mol. The summed E-state index contributed by atoms with van der Waals surface area (Å²) in [6.45, 7) is 11.5. The molecular formula is C13H24N2OSi. The summed E-state index contributed by atoms with van der Waals surface area (Å²) in [5, 5.41) is 7.50. The van der Waals surface area contributed by atoms with Crippen molar-refractivity contribution < 1.29 is 4.43 Å². The lowest BCUT2D eigenvalue weighted by Gasteiger charge is -2.40. The SMILES string of the molecule is CC(C)(C)[Si](C)(C)OC1CCc2cn[nH]c2C1. The highest BCUT2D eigenvalue weighted by Crippen LogP contribution is 2.38. The van der Waals surface area contributed by atoms with Gasteiger partial charge in [-0.15, -0.1) is 0 Å². The summed E-state index contributed by atoms with van der Waals surface area (Å²) in [6, 6.07) is 0. The second kappa shape index (κ2) is 4.25. The van der Waals surface area contributed by atoms with E-state index in [9.17, 15) is 0 Å². The van der Waals surface area contributed by atoms with Crippen molar-refractivity contribution in [2.75, 3.05) is 0 Å². The highest BCUT2D eigenvalue weighted by atomic mass is 28.4. The zero-order valence-corrected chi connectivity index (χ0v) is 12.6. The third kappa shape index (κ3) is 2.63. The highest BCUT2D eigenvalue weighted by molar-refractivity contribution is 6.74. The molecule has 0 amide bonds. The van der Waals surface area contributed by atoms with Crippen LogP contribution in [0.1, 0.15) is 38.4 Å². The first kappa shape index (κ1) is 12.8. The minimum Gasteiger partial charge on any atom is -0.414 e. The molecule has 17 heavy (non-hydrogen) atoms. The number of hydrogen-bond donors (Lipinski definition) is 1. The van der Waals surface area contributed by atoms with E-state index in [1.54, 1.807) is 0 Å². The van der Waals surface area contributed by atoms with Crippen LogP contribution >= 0.6 is 0 Å². The average Bonchev–Trinajstić information content (AvgIpc) is 2.62. The van der Waals surface area contributed by atoms with Gasteiger partial charge in [0.25, 0.3) is 0 Å². The van der Waals surface area contributed by atoms with Gasteiger partial charge in [0.15, 0.2) is 8.32 Å². The molecule has 0 spiro atoms. The molecule has 0 radical (unpaired) electrons. The molecule has 1 aromatic rings. The fraction of sp³-hybridized carbons (Fsp3) is 0.769. The van der Waals surface area contributed by atoms with Crippen LogP contribution in [0.4, 0.5) is 0 Å². The van der Waals surface area contributed by atoms with Gasteiger partial charge in [0, 0.05) is 12.1 Å². The number of fused-ring (bicyclic) bond motifs is 1.